The fourth-order valence-corrected chi connectivity index (χ4v) is 2.65. The fraction of sp³-hybridized carbons (Fsp3) is 0.650. The number of Topliss-reactive ketones (excluding diaryl/α,β-unsaturated/α-hetero) is 1. The van der Waals surface area contributed by atoms with Crippen molar-refractivity contribution < 1.29 is 4.79 Å². The van der Waals surface area contributed by atoms with Crippen LogP contribution in [0.5, 0.6) is 0 Å². The highest BCUT2D eigenvalue weighted by Crippen LogP contribution is 2.13. The molecule has 0 atom stereocenters. The SMILES string of the molecule is CCCCCCCCCCCCCC(=O)c1[c]cccc1. The summed E-state index contributed by atoms with van der Waals surface area (Å²) >= 11 is 0. The quantitative estimate of drug-likeness (QED) is 0.304. The van der Waals surface area contributed by atoms with Crippen LogP contribution in [-0.2, 0) is 0 Å². The molecule has 1 radical (unpaired) electrons. The van der Waals surface area contributed by atoms with Crippen molar-refractivity contribution in [3.05, 3.63) is 35.9 Å². The first-order chi connectivity index (χ1) is 10.3. The molecule has 117 valence electrons. The molecule has 0 aliphatic heterocycles. The van der Waals surface area contributed by atoms with Gasteiger partial charge in [0.05, 0.1) is 0 Å². The smallest absolute Gasteiger partial charge is 0.163 e. The lowest BCUT2D eigenvalue weighted by atomic mass is 10.0. The first-order valence-electron chi connectivity index (χ1n) is 8.84. The van der Waals surface area contributed by atoms with Crippen molar-refractivity contribution in [2.24, 2.45) is 0 Å². The molecule has 0 spiro atoms. The molecule has 0 heterocycles. The summed E-state index contributed by atoms with van der Waals surface area (Å²) in [5, 5.41) is 0. The summed E-state index contributed by atoms with van der Waals surface area (Å²) in [6, 6.07) is 10.5. The number of carbonyl (C=O) groups is 1. The van der Waals surface area contributed by atoms with Gasteiger partial charge in [-0.25, -0.2) is 0 Å². The predicted octanol–water partition coefficient (Wildman–Crippen LogP) is 6.37. The first-order valence-corrected chi connectivity index (χ1v) is 8.84. The van der Waals surface area contributed by atoms with Crippen LogP contribution in [0.3, 0.4) is 0 Å². The van der Waals surface area contributed by atoms with Gasteiger partial charge in [-0.15, -0.1) is 0 Å². The van der Waals surface area contributed by atoms with Crippen LogP contribution in [-0.4, -0.2) is 5.78 Å². The van der Waals surface area contributed by atoms with E-state index in [0.29, 0.717) is 6.42 Å². The van der Waals surface area contributed by atoms with Crippen LogP contribution in [0.4, 0.5) is 0 Å². The summed E-state index contributed by atoms with van der Waals surface area (Å²) in [4.78, 5) is 11.9. The van der Waals surface area contributed by atoms with Crippen molar-refractivity contribution in [3.8, 4) is 0 Å². The van der Waals surface area contributed by atoms with E-state index in [2.05, 4.69) is 13.0 Å². The standard InChI is InChI=1S/C20H31O/c1-2-3-4-5-6-7-8-9-10-11-15-18-20(21)19-16-13-12-14-17-19/h12-14,16H,2-11,15,18H2,1H3. The molecule has 0 N–H and O–H groups in total. The average molecular weight is 287 g/mol. The Morgan fingerprint density at radius 1 is 0.857 bits per heavy atom. The largest absolute Gasteiger partial charge is 0.294 e. The normalized spacial score (nSPS) is 10.7. The number of unbranched alkanes of at least 4 members (excludes halogenated alkanes) is 10. The molecule has 1 rings (SSSR count). The van der Waals surface area contributed by atoms with Crippen LogP contribution in [0.1, 0.15) is 94.3 Å². The number of benzene rings is 1. The van der Waals surface area contributed by atoms with E-state index in [-0.39, 0.29) is 5.78 Å². The van der Waals surface area contributed by atoms with Gasteiger partial charge in [0.15, 0.2) is 5.78 Å². The predicted molar refractivity (Wildman–Crippen MR) is 90.7 cm³/mol. The van der Waals surface area contributed by atoms with Crippen LogP contribution < -0.4 is 0 Å². The van der Waals surface area contributed by atoms with Crippen LogP contribution in [0.2, 0.25) is 0 Å². The van der Waals surface area contributed by atoms with E-state index in [1.54, 1.807) is 0 Å². The Morgan fingerprint density at radius 3 is 1.95 bits per heavy atom. The zero-order valence-corrected chi connectivity index (χ0v) is 13.7. The van der Waals surface area contributed by atoms with Crippen LogP contribution in [0, 0.1) is 6.07 Å². The van der Waals surface area contributed by atoms with E-state index < -0.39 is 0 Å². The summed E-state index contributed by atoms with van der Waals surface area (Å²) in [5.74, 6) is 0.242. The van der Waals surface area contributed by atoms with E-state index >= 15 is 0 Å². The molecule has 0 aliphatic carbocycles. The van der Waals surface area contributed by atoms with Crippen LogP contribution in [0.25, 0.3) is 0 Å². The molecular formula is C20H31O. The second-order valence-electron chi connectivity index (χ2n) is 5.98. The molecule has 0 aromatic heterocycles. The van der Waals surface area contributed by atoms with E-state index in [0.717, 1.165) is 12.0 Å². The number of hydrogen-bond acceptors (Lipinski definition) is 1. The minimum Gasteiger partial charge on any atom is -0.294 e. The zero-order chi connectivity index (χ0) is 15.2. The summed E-state index contributed by atoms with van der Waals surface area (Å²) in [5.41, 5.74) is 0.740. The van der Waals surface area contributed by atoms with Gasteiger partial charge in [-0.2, -0.15) is 0 Å². The molecule has 0 amide bonds. The summed E-state index contributed by atoms with van der Waals surface area (Å²) in [7, 11) is 0. The van der Waals surface area contributed by atoms with Crippen LogP contribution >= 0.6 is 0 Å². The number of ketones is 1. The number of hydrogen-bond donors (Lipinski definition) is 0. The molecule has 0 fully saturated rings. The van der Waals surface area contributed by atoms with Gasteiger partial charge in [-0.3, -0.25) is 4.79 Å². The second-order valence-corrected chi connectivity index (χ2v) is 5.98. The lowest BCUT2D eigenvalue weighted by Gasteiger charge is -2.03. The molecular weight excluding hydrogens is 256 g/mol. The third kappa shape index (κ3) is 9.44. The zero-order valence-electron chi connectivity index (χ0n) is 13.7. The maximum absolute atomic E-state index is 11.9. The maximum atomic E-state index is 11.9. The van der Waals surface area contributed by atoms with Gasteiger partial charge >= 0.3 is 0 Å². The Bertz CT molecular complexity index is 355. The van der Waals surface area contributed by atoms with Crippen molar-refractivity contribution in [3.63, 3.8) is 0 Å². The van der Waals surface area contributed by atoms with Gasteiger partial charge in [0.1, 0.15) is 0 Å². The second kappa shape index (κ2) is 12.6. The minimum atomic E-state index is 0.242. The highest BCUT2D eigenvalue weighted by atomic mass is 16.1. The lowest BCUT2D eigenvalue weighted by molar-refractivity contribution is 0.0979. The Labute approximate surface area is 131 Å². The minimum absolute atomic E-state index is 0.242. The molecule has 0 aliphatic rings. The summed E-state index contributed by atoms with van der Waals surface area (Å²) < 4.78 is 0. The van der Waals surface area contributed by atoms with Gasteiger partial charge in [-0.05, 0) is 12.5 Å². The highest BCUT2D eigenvalue weighted by molar-refractivity contribution is 5.95. The third-order valence-corrected chi connectivity index (χ3v) is 4.02. The van der Waals surface area contributed by atoms with E-state index in [4.69, 9.17) is 0 Å². The topological polar surface area (TPSA) is 17.1 Å². The number of carbonyl (C=O) groups excluding carboxylic acids is 1. The van der Waals surface area contributed by atoms with Crippen molar-refractivity contribution in [2.45, 2.75) is 84.0 Å². The van der Waals surface area contributed by atoms with Gasteiger partial charge < -0.3 is 0 Å². The fourth-order valence-electron chi connectivity index (χ4n) is 2.65. The van der Waals surface area contributed by atoms with E-state index in [1.165, 1.54) is 64.2 Å². The molecule has 0 saturated carbocycles. The number of rotatable bonds is 13. The molecule has 1 heteroatoms. The molecule has 21 heavy (non-hydrogen) atoms. The lowest BCUT2D eigenvalue weighted by Crippen LogP contribution is -1.98. The summed E-state index contributed by atoms with van der Waals surface area (Å²) in [6.07, 6.45) is 15.2. The van der Waals surface area contributed by atoms with E-state index in [1.807, 2.05) is 24.3 Å². The highest BCUT2D eigenvalue weighted by Gasteiger charge is 2.04. The van der Waals surface area contributed by atoms with Crippen molar-refractivity contribution in [1.82, 2.24) is 0 Å². The monoisotopic (exact) mass is 287 g/mol. The Morgan fingerprint density at radius 2 is 1.43 bits per heavy atom. The molecule has 0 unspecified atom stereocenters. The molecule has 1 aromatic rings. The summed E-state index contributed by atoms with van der Waals surface area (Å²) in [6.45, 7) is 2.26. The van der Waals surface area contributed by atoms with Crippen molar-refractivity contribution in [1.29, 1.82) is 0 Å². The Hall–Kier alpha value is -1.11. The molecule has 1 aromatic carbocycles. The van der Waals surface area contributed by atoms with Crippen molar-refractivity contribution >= 4 is 5.78 Å². The third-order valence-electron chi connectivity index (χ3n) is 4.02. The van der Waals surface area contributed by atoms with Crippen molar-refractivity contribution in [2.75, 3.05) is 0 Å². The Balaban J connectivity index is 1.88. The van der Waals surface area contributed by atoms with Gasteiger partial charge in [0.2, 0.25) is 0 Å². The van der Waals surface area contributed by atoms with E-state index in [9.17, 15) is 4.79 Å². The van der Waals surface area contributed by atoms with Crippen LogP contribution in [0.15, 0.2) is 24.3 Å². The Kier molecular flexibility index (Phi) is 10.8. The van der Waals surface area contributed by atoms with Gasteiger partial charge in [-0.1, -0.05) is 95.4 Å². The molecule has 0 bridgehead atoms. The molecule has 1 nitrogen and oxygen atoms in total. The average Bonchev–Trinajstić information content (AvgIpc) is 2.53. The molecule has 0 saturated heterocycles. The maximum Gasteiger partial charge on any atom is 0.163 e. The van der Waals surface area contributed by atoms with Gasteiger partial charge in [0.25, 0.3) is 0 Å². The first kappa shape index (κ1) is 17.9. The van der Waals surface area contributed by atoms with Gasteiger partial charge in [0, 0.05) is 12.0 Å².